The van der Waals surface area contributed by atoms with Crippen LogP contribution in [-0.4, -0.2) is 55.1 Å². The van der Waals surface area contributed by atoms with E-state index < -0.39 is 5.97 Å². The zero-order valence-corrected chi connectivity index (χ0v) is 20.1. The third-order valence-corrected chi connectivity index (χ3v) is 5.71. The van der Waals surface area contributed by atoms with Crippen molar-refractivity contribution in [2.75, 3.05) is 33.5 Å². The lowest BCUT2D eigenvalue weighted by atomic mass is 10.1. The number of rotatable bonds is 7. The molecule has 0 saturated carbocycles. The Hall–Kier alpha value is -2.87. The van der Waals surface area contributed by atoms with Crippen LogP contribution in [0.25, 0.3) is 0 Å². The lowest BCUT2D eigenvalue weighted by Crippen LogP contribution is -2.27. The van der Waals surface area contributed by atoms with Gasteiger partial charge in [-0.3, -0.25) is 9.48 Å². The molecular weight excluding hydrogens is 422 g/mol. The van der Waals surface area contributed by atoms with E-state index in [2.05, 4.69) is 5.32 Å². The van der Waals surface area contributed by atoms with Crippen LogP contribution in [0, 0.1) is 12.8 Å². The molecule has 33 heavy (non-hydrogen) atoms. The molecule has 0 spiro atoms. The first-order chi connectivity index (χ1) is 15.9. The van der Waals surface area contributed by atoms with Gasteiger partial charge >= 0.3 is 5.97 Å². The highest BCUT2D eigenvalue weighted by molar-refractivity contribution is 5.96. The van der Waals surface area contributed by atoms with Crippen molar-refractivity contribution in [3.63, 3.8) is 0 Å². The Balaban J connectivity index is 1.72. The minimum absolute atomic E-state index is 0.0107. The molecule has 2 aromatic rings. The summed E-state index contributed by atoms with van der Waals surface area (Å²) in [4.78, 5) is 25.5. The second-order valence-corrected chi connectivity index (χ2v) is 8.54. The highest BCUT2D eigenvalue weighted by atomic mass is 16.5. The molecule has 1 aromatic heterocycles. The summed E-state index contributed by atoms with van der Waals surface area (Å²) < 4.78 is 18.5. The molecule has 3 rings (SSSR count). The van der Waals surface area contributed by atoms with E-state index in [0.29, 0.717) is 56.0 Å². The molecule has 2 heterocycles. The van der Waals surface area contributed by atoms with Gasteiger partial charge in [0, 0.05) is 32.2 Å². The first-order valence-electron chi connectivity index (χ1n) is 11.7. The molecule has 8 nitrogen and oxygen atoms in total. The second-order valence-electron chi connectivity index (χ2n) is 8.54. The molecule has 0 bridgehead atoms. The Labute approximate surface area is 195 Å². The summed E-state index contributed by atoms with van der Waals surface area (Å²) in [6.07, 6.45) is 3.01. The smallest absolute Gasteiger partial charge is 0.341 e. The number of nitrogens with zero attached hydrogens (tertiary/aromatic N) is 2. The fourth-order valence-corrected chi connectivity index (χ4v) is 3.99. The fraction of sp³-hybridized carbons (Fsp3) is 0.560. The average Bonchev–Trinajstić information content (AvgIpc) is 3.13. The number of hydrogen-bond acceptors (Lipinski definition) is 6. The van der Waals surface area contributed by atoms with Gasteiger partial charge < -0.3 is 19.5 Å². The molecule has 0 fully saturated rings. The van der Waals surface area contributed by atoms with Crippen molar-refractivity contribution in [2.45, 2.75) is 53.0 Å². The summed E-state index contributed by atoms with van der Waals surface area (Å²) in [5.74, 6) is 0.0335. The van der Waals surface area contributed by atoms with Gasteiger partial charge in [0.15, 0.2) is 0 Å². The molecule has 1 atom stereocenters. The predicted molar refractivity (Wildman–Crippen MR) is 125 cm³/mol. The average molecular weight is 458 g/mol. The largest absolute Gasteiger partial charge is 0.496 e. The molecule has 1 aliphatic rings. The van der Waals surface area contributed by atoms with E-state index in [1.54, 1.807) is 13.2 Å². The van der Waals surface area contributed by atoms with E-state index in [1.807, 2.05) is 37.6 Å². The number of methoxy groups -OCH3 is 1. The van der Waals surface area contributed by atoms with Gasteiger partial charge in [0.1, 0.15) is 11.3 Å². The number of aromatic nitrogens is 2. The second kappa shape index (κ2) is 11.8. The number of ether oxygens (including phenoxy) is 3. The van der Waals surface area contributed by atoms with Gasteiger partial charge in [0.05, 0.1) is 30.7 Å². The van der Waals surface area contributed by atoms with Crippen LogP contribution in [0.1, 0.15) is 64.4 Å². The van der Waals surface area contributed by atoms with E-state index in [4.69, 9.17) is 19.3 Å². The van der Waals surface area contributed by atoms with Crippen LogP contribution in [0.5, 0.6) is 5.75 Å². The van der Waals surface area contributed by atoms with Crippen molar-refractivity contribution in [3.8, 4) is 5.75 Å². The number of benzene rings is 1. The van der Waals surface area contributed by atoms with Gasteiger partial charge in [-0.25, -0.2) is 4.79 Å². The molecule has 0 unspecified atom stereocenters. The van der Waals surface area contributed by atoms with Gasteiger partial charge in [0.25, 0.3) is 5.91 Å². The van der Waals surface area contributed by atoms with Crippen molar-refractivity contribution >= 4 is 11.9 Å². The standard InChI is InChI=1S/C25H35N3O5/c1-5-20-23-21(8-6-12-32-13-7-11-26-24(23)29)28(27-20)15-18(3)16-33-25(30)19-10-9-17(2)14-22(19)31-4/h9-10,14,18H,5-8,11-13,15-16H2,1-4H3,(H,26,29)/t18-/m1/s1. The number of amides is 1. The van der Waals surface area contributed by atoms with Crippen molar-refractivity contribution in [1.29, 1.82) is 0 Å². The maximum absolute atomic E-state index is 12.9. The summed E-state index contributed by atoms with van der Waals surface area (Å²) in [5, 5.41) is 7.74. The van der Waals surface area contributed by atoms with E-state index in [0.717, 1.165) is 29.8 Å². The van der Waals surface area contributed by atoms with Gasteiger partial charge in [-0.1, -0.05) is 19.9 Å². The predicted octanol–water partition coefficient (Wildman–Crippen LogP) is 3.34. The van der Waals surface area contributed by atoms with Crippen LogP contribution in [0.4, 0.5) is 0 Å². The highest BCUT2D eigenvalue weighted by Gasteiger charge is 2.24. The number of carbonyl (C=O) groups is 2. The number of nitrogens with one attached hydrogen (secondary N) is 1. The zero-order valence-electron chi connectivity index (χ0n) is 20.1. The molecule has 8 heteroatoms. The number of aryl methyl sites for hydroxylation is 2. The fourth-order valence-electron chi connectivity index (χ4n) is 3.99. The third-order valence-electron chi connectivity index (χ3n) is 5.71. The van der Waals surface area contributed by atoms with Crippen molar-refractivity contribution in [1.82, 2.24) is 15.1 Å². The molecule has 1 amide bonds. The van der Waals surface area contributed by atoms with Crippen LogP contribution in [0.15, 0.2) is 18.2 Å². The Morgan fingerprint density at radius 3 is 2.85 bits per heavy atom. The number of hydrogen-bond donors (Lipinski definition) is 1. The molecule has 180 valence electrons. The van der Waals surface area contributed by atoms with Crippen molar-refractivity contribution < 1.29 is 23.8 Å². The minimum Gasteiger partial charge on any atom is -0.496 e. The molecular formula is C25H35N3O5. The molecule has 1 aromatic carbocycles. The first-order valence-corrected chi connectivity index (χ1v) is 11.7. The van der Waals surface area contributed by atoms with E-state index in [1.165, 1.54) is 0 Å². The third kappa shape index (κ3) is 6.35. The first kappa shape index (κ1) is 24.8. The quantitative estimate of drug-likeness (QED) is 0.641. The van der Waals surface area contributed by atoms with Crippen LogP contribution < -0.4 is 10.1 Å². The van der Waals surface area contributed by atoms with Crippen LogP contribution in [0.3, 0.4) is 0 Å². The maximum Gasteiger partial charge on any atom is 0.341 e. The van der Waals surface area contributed by atoms with Gasteiger partial charge in [-0.15, -0.1) is 0 Å². The number of esters is 1. The summed E-state index contributed by atoms with van der Waals surface area (Å²) in [6, 6.07) is 5.40. The minimum atomic E-state index is -0.413. The summed E-state index contributed by atoms with van der Waals surface area (Å²) in [7, 11) is 1.54. The van der Waals surface area contributed by atoms with Gasteiger partial charge in [-0.2, -0.15) is 5.10 Å². The van der Waals surface area contributed by atoms with Crippen LogP contribution >= 0.6 is 0 Å². The molecule has 1 N–H and O–H groups in total. The normalized spacial score (nSPS) is 15.7. The Morgan fingerprint density at radius 1 is 1.30 bits per heavy atom. The summed E-state index contributed by atoms with van der Waals surface area (Å²) in [5.41, 5.74) is 3.83. The van der Waals surface area contributed by atoms with E-state index >= 15 is 0 Å². The molecule has 0 aliphatic carbocycles. The van der Waals surface area contributed by atoms with Crippen molar-refractivity contribution in [3.05, 3.63) is 46.3 Å². The van der Waals surface area contributed by atoms with Crippen LogP contribution in [0.2, 0.25) is 0 Å². The van der Waals surface area contributed by atoms with E-state index in [-0.39, 0.29) is 18.4 Å². The topological polar surface area (TPSA) is 91.7 Å². The SMILES string of the molecule is CCc1nn(C[C@@H](C)COC(=O)c2ccc(C)cc2OC)c2c1C(=O)NCCCOCCC2. The summed E-state index contributed by atoms with van der Waals surface area (Å²) in [6.45, 7) is 8.64. The number of carbonyl (C=O) groups excluding carboxylic acids is 2. The van der Waals surface area contributed by atoms with E-state index in [9.17, 15) is 9.59 Å². The van der Waals surface area contributed by atoms with Gasteiger partial charge in [-0.05, 0) is 50.3 Å². The maximum atomic E-state index is 12.9. The lowest BCUT2D eigenvalue weighted by molar-refractivity contribution is 0.0432. The summed E-state index contributed by atoms with van der Waals surface area (Å²) >= 11 is 0. The molecule has 1 aliphatic heterocycles. The number of fused-ring (bicyclic) bond motifs is 1. The Bertz CT molecular complexity index is 969. The highest BCUT2D eigenvalue weighted by Crippen LogP contribution is 2.22. The monoisotopic (exact) mass is 457 g/mol. The molecule has 0 radical (unpaired) electrons. The van der Waals surface area contributed by atoms with Gasteiger partial charge in [0.2, 0.25) is 0 Å². The Kier molecular flexibility index (Phi) is 8.88. The molecule has 0 saturated heterocycles. The van der Waals surface area contributed by atoms with Crippen molar-refractivity contribution in [2.24, 2.45) is 5.92 Å². The lowest BCUT2D eigenvalue weighted by Gasteiger charge is -2.16. The van der Waals surface area contributed by atoms with Crippen LogP contribution in [-0.2, 0) is 28.9 Å². The Morgan fingerprint density at radius 2 is 2.09 bits per heavy atom. The zero-order chi connectivity index (χ0) is 23.8.